The summed E-state index contributed by atoms with van der Waals surface area (Å²) in [6.45, 7) is 1.48. The fourth-order valence-corrected chi connectivity index (χ4v) is 2.37. The van der Waals surface area contributed by atoms with Crippen LogP contribution in [-0.2, 0) is 4.79 Å². The standard InChI is InChI=1S/C15H14BrN3OS/c1-9(20)18-11-3-5-12(6-4-11)19-14-7-2-10(15(17)21)8-13(14)16/h2-8,19H,1H3,(H2,17,21)(H,18,20). The molecule has 0 bridgehead atoms. The van der Waals surface area contributed by atoms with Gasteiger partial charge < -0.3 is 16.4 Å². The summed E-state index contributed by atoms with van der Waals surface area (Å²) >= 11 is 8.43. The van der Waals surface area contributed by atoms with Crippen LogP contribution in [-0.4, -0.2) is 10.9 Å². The van der Waals surface area contributed by atoms with Gasteiger partial charge in [0.15, 0.2) is 0 Å². The number of hydrogen-bond acceptors (Lipinski definition) is 3. The van der Waals surface area contributed by atoms with Crippen molar-refractivity contribution in [3.8, 4) is 0 Å². The SMILES string of the molecule is CC(=O)Nc1ccc(Nc2ccc(C(N)=S)cc2Br)cc1. The zero-order valence-electron chi connectivity index (χ0n) is 11.3. The molecule has 0 aromatic heterocycles. The maximum absolute atomic E-state index is 11.0. The second kappa shape index (κ2) is 6.69. The van der Waals surface area contributed by atoms with Crippen molar-refractivity contribution < 1.29 is 4.79 Å². The maximum atomic E-state index is 11.0. The van der Waals surface area contributed by atoms with Crippen LogP contribution in [0.2, 0.25) is 0 Å². The van der Waals surface area contributed by atoms with E-state index in [0.717, 1.165) is 27.1 Å². The Kier molecular flexibility index (Phi) is 4.93. The number of carbonyl (C=O) groups is 1. The molecule has 108 valence electrons. The molecule has 4 N–H and O–H groups in total. The molecule has 6 heteroatoms. The number of amides is 1. The summed E-state index contributed by atoms with van der Waals surface area (Å²) in [4.78, 5) is 11.3. The molecule has 0 aliphatic rings. The molecule has 2 rings (SSSR count). The van der Waals surface area contributed by atoms with Crippen LogP contribution in [0.15, 0.2) is 46.9 Å². The van der Waals surface area contributed by atoms with E-state index in [0.29, 0.717) is 4.99 Å². The second-order valence-electron chi connectivity index (χ2n) is 4.44. The fraction of sp³-hybridized carbons (Fsp3) is 0.0667. The van der Waals surface area contributed by atoms with Crippen molar-refractivity contribution in [2.24, 2.45) is 5.73 Å². The highest BCUT2D eigenvalue weighted by Crippen LogP contribution is 2.27. The second-order valence-corrected chi connectivity index (χ2v) is 5.74. The van der Waals surface area contributed by atoms with Gasteiger partial charge in [0, 0.05) is 28.3 Å². The molecule has 0 saturated carbocycles. The Morgan fingerprint density at radius 1 is 1.14 bits per heavy atom. The minimum atomic E-state index is -0.0909. The summed E-state index contributed by atoms with van der Waals surface area (Å²) in [5, 5.41) is 6.00. The molecule has 0 aliphatic heterocycles. The van der Waals surface area contributed by atoms with Gasteiger partial charge in [-0.3, -0.25) is 4.79 Å². The van der Waals surface area contributed by atoms with Crippen molar-refractivity contribution >= 4 is 56.1 Å². The van der Waals surface area contributed by atoms with Gasteiger partial charge in [-0.2, -0.15) is 0 Å². The average Bonchev–Trinajstić information content (AvgIpc) is 2.42. The van der Waals surface area contributed by atoms with Crippen LogP contribution >= 0.6 is 28.1 Å². The Balaban J connectivity index is 2.14. The third-order valence-electron chi connectivity index (χ3n) is 2.74. The monoisotopic (exact) mass is 363 g/mol. The highest BCUT2D eigenvalue weighted by Gasteiger charge is 2.04. The number of halogens is 1. The van der Waals surface area contributed by atoms with E-state index in [4.69, 9.17) is 18.0 Å². The molecule has 2 aromatic rings. The smallest absolute Gasteiger partial charge is 0.221 e. The van der Waals surface area contributed by atoms with Gasteiger partial charge in [-0.05, 0) is 58.4 Å². The lowest BCUT2D eigenvalue weighted by molar-refractivity contribution is -0.114. The van der Waals surface area contributed by atoms with Crippen LogP contribution in [0.3, 0.4) is 0 Å². The van der Waals surface area contributed by atoms with Gasteiger partial charge in [-0.25, -0.2) is 0 Å². The van der Waals surface area contributed by atoms with Gasteiger partial charge in [0.1, 0.15) is 4.99 Å². The normalized spacial score (nSPS) is 10.0. The van der Waals surface area contributed by atoms with Crippen molar-refractivity contribution in [2.75, 3.05) is 10.6 Å². The van der Waals surface area contributed by atoms with Gasteiger partial charge in [-0.1, -0.05) is 12.2 Å². The van der Waals surface area contributed by atoms with Crippen molar-refractivity contribution in [3.63, 3.8) is 0 Å². The fourth-order valence-electron chi connectivity index (χ4n) is 1.77. The topological polar surface area (TPSA) is 67.2 Å². The Hall–Kier alpha value is -1.92. The summed E-state index contributed by atoms with van der Waals surface area (Å²) in [7, 11) is 0. The predicted molar refractivity (Wildman–Crippen MR) is 94.1 cm³/mol. The molecule has 0 saturated heterocycles. The van der Waals surface area contributed by atoms with E-state index in [-0.39, 0.29) is 5.91 Å². The van der Waals surface area contributed by atoms with Crippen molar-refractivity contribution in [3.05, 3.63) is 52.5 Å². The van der Waals surface area contributed by atoms with Crippen molar-refractivity contribution in [1.82, 2.24) is 0 Å². The number of thiocarbonyl (C=S) groups is 1. The number of benzene rings is 2. The van der Waals surface area contributed by atoms with Crippen LogP contribution in [0, 0.1) is 0 Å². The summed E-state index contributed by atoms with van der Waals surface area (Å²) in [5.41, 5.74) is 8.98. The van der Waals surface area contributed by atoms with E-state index in [9.17, 15) is 4.79 Å². The van der Waals surface area contributed by atoms with Crippen LogP contribution in [0.1, 0.15) is 12.5 Å². The van der Waals surface area contributed by atoms with E-state index in [1.165, 1.54) is 6.92 Å². The predicted octanol–water partition coefficient (Wildman–Crippen LogP) is 3.79. The first-order valence-corrected chi connectivity index (χ1v) is 7.40. The van der Waals surface area contributed by atoms with Gasteiger partial charge in [-0.15, -0.1) is 0 Å². The van der Waals surface area contributed by atoms with Crippen LogP contribution in [0.25, 0.3) is 0 Å². The maximum Gasteiger partial charge on any atom is 0.221 e. The lowest BCUT2D eigenvalue weighted by atomic mass is 10.2. The minimum Gasteiger partial charge on any atom is -0.389 e. The van der Waals surface area contributed by atoms with Crippen molar-refractivity contribution in [1.29, 1.82) is 0 Å². The van der Waals surface area contributed by atoms with E-state index in [1.807, 2.05) is 42.5 Å². The summed E-state index contributed by atoms with van der Waals surface area (Å²) < 4.78 is 0.874. The number of hydrogen-bond donors (Lipinski definition) is 3. The Morgan fingerprint density at radius 2 is 1.76 bits per heavy atom. The van der Waals surface area contributed by atoms with Crippen LogP contribution < -0.4 is 16.4 Å². The largest absolute Gasteiger partial charge is 0.389 e. The summed E-state index contributed by atoms with van der Waals surface area (Å²) in [6, 6.07) is 13.1. The third-order valence-corrected chi connectivity index (χ3v) is 3.63. The van der Waals surface area contributed by atoms with Gasteiger partial charge in [0.05, 0.1) is 5.69 Å². The average molecular weight is 364 g/mol. The first-order chi connectivity index (χ1) is 9.95. The molecule has 4 nitrogen and oxygen atoms in total. The molecule has 2 aromatic carbocycles. The summed E-state index contributed by atoms with van der Waals surface area (Å²) in [6.07, 6.45) is 0. The van der Waals surface area contributed by atoms with E-state index in [1.54, 1.807) is 0 Å². The molecule has 0 heterocycles. The highest BCUT2D eigenvalue weighted by molar-refractivity contribution is 9.10. The zero-order valence-corrected chi connectivity index (χ0v) is 13.7. The highest BCUT2D eigenvalue weighted by atomic mass is 79.9. The third kappa shape index (κ3) is 4.27. The van der Waals surface area contributed by atoms with E-state index < -0.39 is 0 Å². The zero-order chi connectivity index (χ0) is 15.4. The molecular weight excluding hydrogens is 350 g/mol. The van der Waals surface area contributed by atoms with Crippen LogP contribution in [0.5, 0.6) is 0 Å². The molecule has 0 atom stereocenters. The molecule has 0 fully saturated rings. The minimum absolute atomic E-state index is 0.0909. The Labute approximate surface area is 136 Å². The molecule has 0 unspecified atom stereocenters. The lowest BCUT2D eigenvalue weighted by Gasteiger charge is -2.11. The van der Waals surface area contributed by atoms with Gasteiger partial charge >= 0.3 is 0 Å². The summed E-state index contributed by atoms with van der Waals surface area (Å²) in [5.74, 6) is -0.0909. The number of nitrogens with one attached hydrogen (secondary N) is 2. The first kappa shape index (κ1) is 15.5. The molecule has 1 amide bonds. The quantitative estimate of drug-likeness (QED) is 0.723. The van der Waals surface area contributed by atoms with Gasteiger partial charge in [0.25, 0.3) is 0 Å². The molecular formula is C15H14BrN3OS. The molecule has 21 heavy (non-hydrogen) atoms. The molecule has 0 spiro atoms. The first-order valence-electron chi connectivity index (χ1n) is 6.20. The van der Waals surface area contributed by atoms with E-state index in [2.05, 4.69) is 26.6 Å². The lowest BCUT2D eigenvalue weighted by Crippen LogP contribution is -2.09. The van der Waals surface area contributed by atoms with Gasteiger partial charge in [0.2, 0.25) is 5.91 Å². The Morgan fingerprint density at radius 3 is 2.29 bits per heavy atom. The molecule has 0 aliphatic carbocycles. The number of nitrogens with two attached hydrogens (primary N) is 1. The van der Waals surface area contributed by atoms with E-state index >= 15 is 0 Å². The Bertz CT molecular complexity index is 686. The number of carbonyl (C=O) groups excluding carboxylic acids is 1. The van der Waals surface area contributed by atoms with Crippen molar-refractivity contribution in [2.45, 2.75) is 6.92 Å². The van der Waals surface area contributed by atoms with Crippen LogP contribution in [0.4, 0.5) is 17.1 Å². The number of rotatable bonds is 4. The number of anilines is 3. The molecule has 0 radical (unpaired) electrons.